The Morgan fingerprint density at radius 1 is 1.24 bits per heavy atom. The summed E-state index contributed by atoms with van der Waals surface area (Å²) in [5.74, 6) is 3.74. The van der Waals surface area contributed by atoms with Crippen molar-refractivity contribution in [2.45, 2.75) is 71.9 Å². The van der Waals surface area contributed by atoms with Gasteiger partial charge in [0.2, 0.25) is 11.8 Å². The molecule has 25 heavy (non-hydrogen) atoms. The van der Waals surface area contributed by atoms with E-state index in [1.54, 1.807) is 0 Å². The molecule has 2 aromatic rings. The molecule has 0 spiro atoms. The van der Waals surface area contributed by atoms with Crippen LogP contribution in [0.25, 0.3) is 0 Å². The Kier molecular flexibility index (Phi) is 5.45. The predicted molar refractivity (Wildman–Crippen MR) is 90.8 cm³/mol. The zero-order valence-electron chi connectivity index (χ0n) is 15.2. The Balaban J connectivity index is 1.48. The zero-order chi connectivity index (χ0) is 17.8. The van der Waals surface area contributed by atoms with Crippen molar-refractivity contribution in [3.8, 4) is 0 Å². The van der Waals surface area contributed by atoms with E-state index < -0.39 is 0 Å². The average molecular weight is 346 g/mol. The summed E-state index contributed by atoms with van der Waals surface area (Å²) in [6, 6.07) is 0. The molecule has 8 heteroatoms. The van der Waals surface area contributed by atoms with Crippen molar-refractivity contribution in [1.29, 1.82) is 0 Å². The smallest absolute Gasteiger partial charge is 0.226 e. The van der Waals surface area contributed by atoms with Gasteiger partial charge in [0.25, 0.3) is 0 Å². The molecule has 0 atom stereocenters. The second kappa shape index (κ2) is 7.76. The third kappa shape index (κ3) is 4.05. The molecule has 0 saturated carbocycles. The Morgan fingerprint density at radius 3 is 2.84 bits per heavy atom. The summed E-state index contributed by atoms with van der Waals surface area (Å²) in [5.41, 5.74) is 0. The van der Waals surface area contributed by atoms with Gasteiger partial charge in [-0.05, 0) is 12.8 Å². The lowest BCUT2D eigenvalue weighted by atomic mass is 10.2. The van der Waals surface area contributed by atoms with Crippen molar-refractivity contribution >= 4 is 5.91 Å². The number of aryl methyl sites for hydroxylation is 2. The quantitative estimate of drug-likeness (QED) is 0.762. The zero-order valence-corrected chi connectivity index (χ0v) is 15.2. The first-order chi connectivity index (χ1) is 12.1. The number of amides is 1. The molecule has 0 aromatic carbocycles. The van der Waals surface area contributed by atoms with Crippen molar-refractivity contribution < 1.29 is 9.32 Å². The lowest BCUT2D eigenvalue weighted by Crippen LogP contribution is -2.38. The molecule has 2 aromatic heterocycles. The van der Waals surface area contributed by atoms with Gasteiger partial charge < -0.3 is 14.0 Å². The van der Waals surface area contributed by atoms with Gasteiger partial charge in [-0.25, -0.2) is 0 Å². The third-order valence-corrected chi connectivity index (χ3v) is 4.42. The highest BCUT2D eigenvalue weighted by molar-refractivity contribution is 5.76. The fourth-order valence-electron chi connectivity index (χ4n) is 3.09. The van der Waals surface area contributed by atoms with E-state index in [-0.39, 0.29) is 5.91 Å². The van der Waals surface area contributed by atoms with E-state index >= 15 is 0 Å². The largest absolute Gasteiger partial charge is 0.339 e. The number of carbonyl (C=O) groups is 1. The molecule has 0 bridgehead atoms. The van der Waals surface area contributed by atoms with E-state index in [1.807, 2.05) is 4.90 Å². The maximum Gasteiger partial charge on any atom is 0.226 e. The van der Waals surface area contributed by atoms with Gasteiger partial charge in [0.1, 0.15) is 5.82 Å². The van der Waals surface area contributed by atoms with E-state index in [9.17, 15) is 4.79 Å². The maximum absolute atomic E-state index is 12.4. The summed E-state index contributed by atoms with van der Waals surface area (Å²) in [6.45, 7) is 8.32. The van der Waals surface area contributed by atoms with E-state index in [1.165, 1.54) is 0 Å². The van der Waals surface area contributed by atoms with Gasteiger partial charge in [-0.1, -0.05) is 25.9 Å². The number of carbonyl (C=O) groups excluding carboxylic acids is 1. The summed E-state index contributed by atoms with van der Waals surface area (Å²) in [6.07, 6.45) is 3.67. The highest BCUT2D eigenvalue weighted by Gasteiger charge is 2.25. The molecule has 0 radical (unpaired) electrons. The van der Waals surface area contributed by atoms with Gasteiger partial charge >= 0.3 is 0 Å². The first-order valence-corrected chi connectivity index (χ1v) is 9.09. The molecule has 0 fully saturated rings. The molecule has 8 nitrogen and oxygen atoms in total. The normalized spacial score (nSPS) is 14.2. The van der Waals surface area contributed by atoms with Crippen molar-refractivity contribution in [3.05, 3.63) is 23.4 Å². The highest BCUT2D eigenvalue weighted by atomic mass is 16.5. The van der Waals surface area contributed by atoms with Crippen molar-refractivity contribution in [1.82, 2.24) is 29.8 Å². The fourth-order valence-corrected chi connectivity index (χ4v) is 3.09. The monoisotopic (exact) mass is 346 g/mol. The van der Waals surface area contributed by atoms with Crippen LogP contribution in [-0.4, -0.2) is 42.3 Å². The average Bonchev–Trinajstić information content (AvgIpc) is 3.21. The molecular formula is C17H26N6O2. The van der Waals surface area contributed by atoms with Crippen LogP contribution in [0.1, 0.15) is 69.3 Å². The van der Waals surface area contributed by atoms with E-state index in [4.69, 9.17) is 4.52 Å². The Labute approximate surface area is 147 Å². The molecule has 0 saturated heterocycles. The third-order valence-electron chi connectivity index (χ3n) is 4.42. The number of fused-ring (bicyclic) bond motifs is 1. The molecule has 1 amide bonds. The molecule has 3 rings (SSSR count). The summed E-state index contributed by atoms with van der Waals surface area (Å²) >= 11 is 0. The maximum atomic E-state index is 12.4. The van der Waals surface area contributed by atoms with Crippen LogP contribution in [0.2, 0.25) is 0 Å². The Bertz CT molecular complexity index is 721. The number of hydrogen-bond acceptors (Lipinski definition) is 6. The Hall–Kier alpha value is -2.25. The Morgan fingerprint density at radius 2 is 2.08 bits per heavy atom. The van der Waals surface area contributed by atoms with Gasteiger partial charge in [0, 0.05) is 38.3 Å². The van der Waals surface area contributed by atoms with Crippen molar-refractivity contribution in [2.75, 3.05) is 6.54 Å². The molecule has 0 unspecified atom stereocenters. The van der Waals surface area contributed by atoms with Crippen LogP contribution in [0.15, 0.2) is 4.52 Å². The number of rotatable bonds is 7. The van der Waals surface area contributed by atoms with E-state index in [2.05, 4.69) is 45.7 Å². The molecule has 1 aliphatic rings. The molecule has 0 aliphatic carbocycles. The number of nitrogens with zero attached hydrogens (tertiary/aromatic N) is 6. The van der Waals surface area contributed by atoms with Gasteiger partial charge in [-0.15, -0.1) is 10.2 Å². The van der Waals surface area contributed by atoms with Crippen LogP contribution in [0.3, 0.4) is 0 Å². The van der Waals surface area contributed by atoms with Crippen LogP contribution in [0, 0.1) is 0 Å². The summed E-state index contributed by atoms with van der Waals surface area (Å²) in [5, 5.41) is 12.4. The van der Waals surface area contributed by atoms with Gasteiger partial charge in [0.15, 0.2) is 11.6 Å². The van der Waals surface area contributed by atoms with Crippen molar-refractivity contribution in [3.63, 3.8) is 0 Å². The van der Waals surface area contributed by atoms with Crippen molar-refractivity contribution in [2.24, 2.45) is 0 Å². The second-order valence-electron chi connectivity index (χ2n) is 6.80. The van der Waals surface area contributed by atoms with Crippen LogP contribution in [0.5, 0.6) is 0 Å². The lowest BCUT2D eigenvalue weighted by molar-refractivity contribution is -0.132. The summed E-state index contributed by atoms with van der Waals surface area (Å²) in [7, 11) is 0. The minimum absolute atomic E-state index is 0.147. The van der Waals surface area contributed by atoms with Crippen LogP contribution in [0.4, 0.5) is 0 Å². The molecular weight excluding hydrogens is 320 g/mol. The molecule has 3 heterocycles. The minimum atomic E-state index is 0.147. The standard InChI is InChI=1S/C17H26N6O2/c1-4-6-13-18-15(25-21-13)7-5-8-16(24)22-9-10-23-14(11-22)19-20-17(23)12(2)3/h12H,4-11H2,1-3H3. The van der Waals surface area contributed by atoms with Crippen LogP contribution < -0.4 is 0 Å². The second-order valence-corrected chi connectivity index (χ2v) is 6.80. The SMILES string of the molecule is CCCc1noc(CCCC(=O)N2CCn3c(nnc3C(C)C)C2)n1. The van der Waals surface area contributed by atoms with Crippen LogP contribution >= 0.6 is 0 Å². The van der Waals surface area contributed by atoms with Gasteiger partial charge in [-0.3, -0.25) is 4.79 Å². The summed E-state index contributed by atoms with van der Waals surface area (Å²) in [4.78, 5) is 18.6. The first kappa shape index (κ1) is 17.6. The van der Waals surface area contributed by atoms with Gasteiger partial charge in [-0.2, -0.15) is 4.98 Å². The highest BCUT2D eigenvalue weighted by Crippen LogP contribution is 2.19. The number of aromatic nitrogens is 5. The summed E-state index contributed by atoms with van der Waals surface area (Å²) < 4.78 is 7.35. The topological polar surface area (TPSA) is 89.9 Å². The van der Waals surface area contributed by atoms with E-state index in [0.717, 1.165) is 36.9 Å². The fraction of sp³-hybridized carbons (Fsp3) is 0.706. The molecule has 0 N–H and O–H groups in total. The molecule has 1 aliphatic heterocycles. The number of hydrogen-bond donors (Lipinski definition) is 0. The predicted octanol–water partition coefficient (Wildman–Crippen LogP) is 2.10. The molecule has 136 valence electrons. The van der Waals surface area contributed by atoms with E-state index in [0.29, 0.717) is 44.2 Å². The lowest BCUT2D eigenvalue weighted by Gasteiger charge is -2.28. The van der Waals surface area contributed by atoms with Crippen LogP contribution in [-0.2, 0) is 30.7 Å². The first-order valence-electron chi connectivity index (χ1n) is 9.09. The van der Waals surface area contributed by atoms with Gasteiger partial charge in [0.05, 0.1) is 6.54 Å². The minimum Gasteiger partial charge on any atom is -0.339 e.